The molecule has 21 nitrogen and oxygen atoms in total. The van der Waals surface area contributed by atoms with Gasteiger partial charge in [0.15, 0.2) is 0 Å². The number of carbonyl (C=O) groups excluding carboxylic acids is 3. The number of nitrogens with one attached hydrogen (secondary N) is 3. The Labute approximate surface area is 616 Å². The molecule has 6 aliphatic rings. The largest absolute Gasteiger partial charge is 0.433 e. The van der Waals surface area contributed by atoms with E-state index in [1.807, 2.05) is 57.2 Å². The number of pyridine rings is 3. The van der Waals surface area contributed by atoms with Gasteiger partial charge >= 0.3 is 18.5 Å². The summed E-state index contributed by atoms with van der Waals surface area (Å²) in [5.74, 6) is -0.583. The van der Waals surface area contributed by atoms with Gasteiger partial charge in [-0.25, -0.2) is 0 Å². The molecule has 3 N–H and O–H groups in total. The highest BCUT2D eigenvalue weighted by atomic mass is 19.4. The Morgan fingerprint density at radius 1 is 0.398 bits per heavy atom. The van der Waals surface area contributed by atoms with Gasteiger partial charge in [0.25, 0.3) is 17.7 Å². The number of alkyl halides is 9. The van der Waals surface area contributed by atoms with E-state index in [1.165, 1.54) is 18.2 Å². The number of hydrogen-bond donors (Lipinski definition) is 3. The second-order valence-electron chi connectivity index (χ2n) is 27.5. The molecule has 3 fully saturated rings. The zero-order chi connectivity index (χ0) is 76.3. The molecule has 3 saturated heterocycles. The Hall–Kier alpha value is -10.6. The molecule has 15 rings (SSSR count). The number of hydrogen-bond acceptors (Lipinski definition) is 18. The number of ether oxygens (including phenoxy) is 3. The highest BCUT2D eigenvalue weighted by Gasteiger charge is 2.41. The summed E-state index contributed by atoms with van der Waals surface area (Å²) in [7, 11) is 0. The predicted molar refractivity (Wildman–Crippen MR) is 387 cm³/mol. The fraction of sp³-hybridized carbons (Fsp3) is 0.385. The van der Waals surface area contributed by atoms with Crippen LogP contribution in [0.2, 0.25) is 0 Å². The number of rotatable bonds is 12. The molecule has 0 spiro atoms. The van der Waals surface area contributed by atoms with Gasteiger partial charge in [0.1, 0.15) is 17.1 Å². The summed E-state index contributed by atoms with van der Waals surface area (Å²) in [6.07, 6.45) is -5.30. The molecule has 6 aromatic heterocycles. The topological polar surface area (TPSA) is 241 Å². The number of fused-ring (bicyclic) bond motifs is 9. The molecule has 0 aliphatic carbocycles. The van der Waals surface area contributed by atoms with E-state index in [0.29, 0.717) is 110 Å². The summed E-state index contributed by atoms with van der Waals surface area (Å²) in [4.78, 5) is 55.1. The zero-order valence-electron chi connectivity index (χ0n) is 59.9. The maximum absolute atomic E-state index is 13.0. The number of aryl methyl sites for hydroxylation is 3. The fourth-order valence-electron chi connectivity index (χ4n) is 14.9. The van der Waals surface area contributed by atoms with Crippen molar-refractivity contribution in [1.29, 1.82) is 0 Å². The van der Waals surface area contributed by atoms with Crippen LogP contribution in [0.3, 0.4) is 0 Å². The number of aromatic nitrogens is 9. The lowest BCUT2D eigenvalue weighted by molar-refractivity contribution is -0.142. The van der Waals surface area contributed by atoms with E-state index in [4.69, 9.17) is 14.2 Å². The lowest BCUT2D eigenvalue weighted by Gasteiger charge is -2.45. The van der Waals surface area contributed by atoms with Gasteiger partial charge in [-0.05, 0) is 165 Å². The zero-order valence-corrected chi connectivity index (χ0v) is 59.9. The van der Waals surface area contributed by atoms with Gasteiger partial charge in [0, 0.05) is 88.7 Å². The summed E-state index contributed by atoms with van der Waals surface area (Å²) in [6, 6.07) is 28.9. The Kier molecular flexibility index (Phi) is 22.2. The van der Waals surface area contributed by atoms with E-state index in [-0.39, 0.29) is 16.7 Å². The molecule has 3 amide bonds. The van der Waals surface area contributed by atoms with Crippen LogP contribution in [0.1, 0.15) is 122 Å². The van der Waals surface area contributed by atoms with E-state index in [9.17, 15) is 53.9 Å². The van der Waals surface area contributed by atoms with Crippen LogP contribution in [0.25, 0.3) is 33.8 Å². The SMILES string of the molecule is CC[C@@H]1Cc2nnc(-c3cc(NC(=O)c4ccnc(C(F)(F)F)c4)ccc3C)cc2N2CCOC[C@@H]12.CC[C@@H]1Cc2nnc(-c3cc(NC(=O)c4ccnc(C(F)(F)F)c4)ccc3C)cc2N2CCOC[C@H]12.CC[C@H]1Cc2nnc(-c3cc(NC(=O)c4ccnc(C(F)(F)F)c4)ccc3C)cc2N2CCOC[C@H]12. The van der Waals surface area contributed by atoms with Crippen molar-refractivity contribution in [3.8, 4) is 33.8 Å². The van der Waals surface area contributed by atoms with E-state index in [0.717, 1.165) is 162 Å². The normalized spacial score (nSPS) is 19.4. The third kappa shape index (κ3) is 16.6. The van der Waals surface area contributed by atoms with Crippen LogP contribution < -0.4 is 30.7 Å². The van der Waals surface area contributed by atoms with Crippen molar-refractivity contribution in [3.05, 3.63) is 195 Å². The summed E-state index contributed by atoms with van der Waals surface area (Å²) in [6.45, 7) is 18.8. The van der Waals surface area contributed by atoms with Crippen molar-refractivity contribution in [3.63, 3.8) is 0 Å². The number of anilines is 6. The molecule has 0 unspecified atom stereocenters. The monoisotopic (exact) mass is 1490 g/mol. The molecule has 6 atom stereocenters. The molecule has 12 heterocycles. The fourth-order valence-corrected chi connectivity index (χ4v) is 14.9. The molecular weight excluding hydrogens is 1410 g/mol. The average Bonchev–Trinajstić information content (AvgIpc) is 0.772. The second-order valence-corrected chi connectivity index (χ2v) is 27.5. The van der Waals surface area contributed by atoms with Crippen molar-refractivity contribution in [2.75, 3.05) is 89.9 Å². The van der Waals surface area contributed by atoms with E-state index < -0.39 is 53.3 Å². The Morgan fingerprint density at radius 3 is 0.935 bits per heavy atom. The van der Waals surface area contributed by atoms with Crippen molar-refractivity contribution in [1.82, 2.24) is 45.5 Å². The number of benzene rings is 3. The third-order valence-corrected chi connectivity index (χ3v) is 20.8. The van der Waals surface area contributed by atoms with Crippen LogP contribution in [0.4, 0.5) is 73.6 Å². The second kappa shape index (κ2) is 31.7. The number of halogens is 9. The lowest BCUT2D eigenvalue weighted by atomic mass is 9.85. The van der Waals surface area contributed by atoms with E-state index in [1.54, 1.807) is 36.4 Å². The van der Waals surface area contributed by atoms with E-state index >= 15 is 0 Å². The molecule has 108 heavy (non-hydrogen) atoms. The number of carbonyl (C=O) groups is 3. The van der Waals surface area contributed by atoms with Crippen LogP contribution in [0.15, 0.2) is 128 Å². The standard InChI is InChI=1S/3C26H26F3N5O2/c3*1-3-16-10-21-22(34-8-9-36-14-23(16)34)13-20(32-33-21)19-12-18(5-4-15(19)2)31-25(35)17-6-7-30-24(11-17)26(27,28)29/h3*4-7,11-13,16,23H,3,8-10,14H2,1-2H3,(H,31,35)/t2*16-,23+;16-,23-/m101/s1. The number of morpholine rings is 3. The van der Waals surface area contributed by atoms with Crippen LogP contribution in [-0.2, 0) is 52.0 Å². The van der Waals surface area contributed by atoms with Gasteiger partial charge in [-0.15, -0.1) is 0 Å². The smallest absolute Gasteiger partial charge is 0.377 e. The summed E-state index contributed by atoms with van der Waals surface area (Å²) in [5.41, 5.74) is 10.9. The molecule has 0 radical (unpaired) electrons. The van der Waals surface area contributed by atoms with Crippen LogP contribution in [0.5, 0.6) is 0 Å². The molecule has 0 bridgehead atoms. The van der Waals surface area contributed by atoms with Crippen molar-refractivity contribution in [2.24, 2.45) is 17.8 Å². The minimum absolute atomic E-state index is 0.128. The third-order valence-electron chi connectivity index (χ3n) is 20.8. The van der Waals surface area contributed by atoms with Gasteiger partial charge in [0.05, 0.1) is 109 Å². The molecule has 3 aromatic carbocycles. The first-order chi connectivity index (χ1) is 51.7. The predicted octanol–water partition coefficient (Wildman–Crippen LogP) is 14.7. The maximum atomic E-state index is 13.0. The first kappa shape index (κ1) is 75.6. The molecule has 9 aromatic rings. The Bertz CT molecular complexity index is 4360. The van der Waals surface area contributed by atoms with Gasteiger partial charge in [0.2, 0.25) is 0 Å². The summed E-state index contributed by atoms with van der Waals surface area (Å²) in [5, 5.41) is 35.2. The summed E-state index contributed by atoms with van der Waals surface area (Å²) >= 11 is 0. The van der Waals surface area contributed by atoms with Crippen molar-refractivity contribution >= 4 is 51.8 Å². The molecule has 0 saturated carbocycles. The highest BCUT2D eigenvalue weighted by molar-refractivity contribution is 6.06. The molecule has 30 heteroatoms. The minimum atomic E-state index is -4.63. The first-order valence-electron chi connectivity index (χ1n) is 35.7. The number of amides is 3. The number of nitrogens with zero attached hydrogens (tertiary/aromatic N) is 12. The molecular formula is C78H78F9N15O6. The quantitative estimate of drug-likeness (QED) is 0.0963. The first-order valence-corrected chi connectivity index (χ1v) is 35.7. The van der Waals surface area contributed by atoms with Gasteiger partial charge in [-0.1, -0.05) is 58.2 Å². The van der Waals surface area contributed by atoms with Crippen molar-refractivity contribution < 1.29 is 68.1 Å². The van der Waals surface area contributed by atoms with Crippen LogP contribution in [0, 0.1) is 38.5 Å². The lowest BCUT2D eigenvalue weighted by Crippen LogP contribution is -2.53. The molecule has 564 valence electrons. The van der Waals surface area contributed by atoms with Crippen LogP contribution >= 0.6 is 0 Å². The highest BCUT2D eigenvalue weighted by Crippen LogP contribution is 2.43. The minimum Gasteiger partial charge on any atom is -0.377 e. The van der Waals surface area contributed by atoms with Gasteiger partial charge in [-0.3, -0.25) is 29.3 Å². The van der Waals surface area contributed by atoms with Gasteiger partial charge in [-0.2, -0.15) is 70.1 Å². The molecule has 6 aliphatic heterocycles. The maximum Gasteiger partial charge on any atom is 0.433 e. The Morgan fingerprint density at radius 2 is 0.676 bits per heavy atom. The van der Waals surface area contributed by atoms with Crippen molar-refractivity contribution in [2.45, 2.75) is 117 Å². The van der Waals surface area contributed by atoms with E-state index in [2.05, 4.69) is 97.0 Å². The average molecular weight is 1490 g/mol. The Balaban J connectivity index is 0.000000143. The van der Waals surface area contributed by atoms with Crippen LogP contribution in [-0.4, -0.2) is 141 Å². The summed E-state index contributed by atoms with van der Waals surface area (Å²) < 4.78 is 134. The van der Waals surface area contributed by atoms with Gasteiger partial charge < -0.3 is 44.9 Å².